The van der Waals surface area contributed by atoms with E-state index in [0.29, 0.717) is 11.3 Å². The van der Waals surface area contributed by atoms with Crippen LogP contribution in [0.2, 0.25) is 0 Å². The van der Waals surface area contributed by atoms with Gasteiger partial charge in [0.15, 0.2) is 0 Å². The number of pyridine rings is 1. The molecule has 0 aliphatic carbocycles. The molecule has 1 amide bonds. The van der Waals surface area contributed by atoms with Crippen molar-refractivity contribution in [1.29, 1.82) is 0 Å². The van der Waals surface area contributed by atoms with E-state index in [0.717, 1.165) is 0 Å². The number of benzene rings is 1. The summed E-state index contributed by atoms with van der Waals surface area (Å²) in [6, 6.07) is 9.27. The topological polar surface area (TPSA) is 127 Å². The molecule has 0 aliphatic rings. The summed E-state index contributed by atoms with van der Waals surface area (Å²) in [4.78, 5) is 15.0. The Morgan fingerprint density at radius 1 is 1.15 bits per heavy atom. The van der Waals surface area contributed by atoms with Crippen LogP contribution < -0.4 is 10.0 Å². The highest BCUT2D eigenvalue weighted by molar-refractivity contribution is 7.89. The van der Waals surface area contributed by atoms with Crippen LogP contribution in [0.4, 0.5) is 5.69 Å². The number of aromatic nitrogens is 3. The first-order valence-corrected chi connectivity index (χ1v) is 9.02. The van der Waals surface area contributed by atoms with Crippen LogP contribution in [0, 0.1) is 0 Å². The van der Waals surface area contributed by atoms with Crippen LogP contribution in [-0.4, -0.2) is 29.5 Å². The average molecular weight is 373 g/mol. The lowest BCUT2D eigenvalue weighted by Gasteiger charge is -2.06. The van der Waals surface area contributed by atoms with Gasteiger partial charge in [0.25, 0.3) is 0 Å². The number of carbonyl (C=O) groups excluding carboxylic acids is 1. The van der Waals surface area contributed by atoms with Crippen LogP contribution in [0.5, 0.6) is 0 Å². The van der Waals surface area contributed by atoms with Gasteiger partial charge in [-0.25, -0.2) is 13.1 Å². The second-order valence-corrected chi connectivity index (χ2v) is 7.04. The van der Waals surface area contributed by atoms with Gasteiger partial charge in [0.1, 0.15) is 0 Å². The van der Waals surface area contributed by atoms with Crippen molar-refractivity contribution in [2.24, 2.45) is 0 Å². The Labute approximate surface area is 149 Å². The number of nitrogens with zero attached hydrogens (tertiary/aromatic N) is 3. The summed E-state index contributed by atoms with van der Waals surface area (Å²) >= 11 is 0. The summed E-state index contributed by atoms with van der Waals surface area (Å²) in [6.07, 6.45) is 3.18. The number of amides is 1. The van der Waals surface area contributed by atoms with Crippen molar-refractivity contribution in [3.05, 3.63) is 54.7 Å². The fourth-order valence-electron chi connectivity index (χ4n) is 2.09. The molecule has 0 spiro atoms. The van der Waals surface area contributed by atoms with Gasteiger partial charge in [-0.1, -0.05) is 0 Å². The van der Waals surface area contributed by atoms with Crippen molar-refractivity contribution in [2.45, 2.75) is 18.4 Å². The molecule has 9 nitrogen and oxygen atoms in total. The fraction of sp³-hybridized carbons (Fsp3) is 0.125. The van der Waals surface area contributed by atoms with Gasteiger partial charge in [0.05, 0.1) is 17.0 Å². The van der Waals surface area contributed by atoms with Crippen molar-refractivity contribution >= 4 is 21.6 Å². The van der Waals surface area contributed by atoms with E-state index >= 15 is 0 Å². The first-order chi connectivity index (χ1) is 12.4. The van der Waals surface area contributed by atoms with E-state index in [2.05, 4.69) is 25.2 Å². The number of carbonyl (C=O) groups is 1. The molecule has 2 aromatic heterocycles. The SMILES string of the molecule is CC(=O)Nc1ccc(S(=O)(=O)NCc2nnc(-c3cccnc3)o2)cc1. The zero-order chi connectivity index (χ0) is 18.6. The Balaban J connectivity index is 1.67. The molecule has 3 aromatic rings. The maximum Gasteiger partial charge on any atom is 0.249 e. The van der Waals surface area contributed by atoms with Gasteiger partial charge in [-0.2, -0.15) is 0 Å². The second-order valence-electron chi connectivity index (χ2n) is 5.27. The van der Waals surface area contributed by atoms with Gasteiger partial charge in [0, 0.05) is 25.0 Å². The number of nitrogens with one attached hydrogen (secondary N) is 2. The molecular formula is C16H15N5O4S. The molecule has 0 atom stereocenters. The normalized spacial score (nSPS) is 11.3. The van der Waals surface area contributed by atoms with E-state index < -0.39 is 10.0 Å². The summed E-state index contributed by atoms with van der Waals surface area (Å²) in [6.45, 7) is 1.22. The Kier molecular flexibility index (Phi) is 5.05. The first-order valence-electron chi connectivity index (χ1n) is 7.54. The molecule has 134 valence electrons. The highest BCUT2D eigenvalue weighted by Gasteiger charge is 2.16. The maximum absolute atomic E-state index is 12.3. The molecule has 10 heteroatoms. The predicted octanol–water partition coefficient (Wildman–Crippen LogP) is 1.57. The third-order valence-electron chi connectivity index (χ3n) is 3.27. The van der Waals surface area contributed by atoms with E-state index in [1.807, 2.05) is 0 Å². The molecule has 0 saturated heterocycles. The van der Waals surface area contributed by atoms with E-state index in [9.17, 15) is 13.2 Å². The predicted molar refractivity (Wildman–Crippen MR) is 92.3 cm³/mol. The molecule has 0 aliphatic heterocycles. The number of anilines is 1. The van der Waals surface area contributed by atoms with Crippen molar-refractivity contribution < 1.29 is 17.6 Å². The molecule has 0 bridgehead atoms. The fourth-order valence-corrected chi connectivity index (χ4v) is 3.07. The highest BCUT2D eigenvalue weighted by atomic mass is 32.2. The largest absolute Gasteiger partial charge is 0.419 e. The minimum absolute atomic E-state index is 0.0543. The third-order valence-corrected chi connectivity index (χ3v) is 4.69. The molecule has 2 heterocycles. The summed E-state index contributed by atoms with van der Waals surface area (Å²) < 4.78 is 32.5. The van der Waals surface area contributed by atoms with Crippen molar-refractivity contribution in [2.75, 3.05) is 5.32 Å². The van der Waals surface area contributed by atoms with Crippen LogP contribution in [0.15, 0.2) is 58.1 Å². The van der Waals surface area contributed by atoms with Crippen LogP contribution in [0.3, 0.4) is 0 Å². The van der Waals surface area contributed by atoms with Gasteiger partial charge in [0.2, 0.25) is 27.7 Å². The van der Waals surface area contributed by atoms with Gasteiger partial charge in [-0.3, -0.25) is 9.78 Å². The molecule has 0 saturated carbocycles. The monoisotopic (exact) mass is 373 g/mol. The lowest BCUT2D eigenvalue weighted by Crippen LogP contribution is -2.23. The Bertz CT molecular complexity index is 1000. The molecule has 2 N–H and O–H groups in total. The van der Waals surface area contributed by atoms with Gasteiger partial charge in [-0.15, -0.1) is 10.2 Å². The number of hydrogen-bond acceptors (Lipinski definition) is 7. The zero-order valence-electron chi connectivity index (χ0n) is 13.7. The number of sulfonamides is 1. The second kappa shape index (κ2) is 7.42. The average Bonchev–Trinajstić information content (AvgIpc) is 3.10. The van der Waals surface area contributed by atoms with Gasteiger partial charge < -0.3 is 9.73 Å². The molecule has 0 unspecified atom stereocenters. The van der Waals surface area contributed by atoms with Gasteiger partial charge >= 0.3 is 0 Å². The van der Waals surface area contributed by atoms with E-state index in [1.165, 1.54) is 31.2 Å². The third kappa shape index (κ3) is 4.29. The molecule has 3 rings (SSSR count). The standard InChI is InChI=1S/C16H15N5O4S/c1-11(22)19-13-4-6-14(7-5-13)26(23,24)18-10-15-20-21-16(25-15)12-3-2-8-17-9-12/h2-9,18H,10H2,1H3,(H,19,22). The summed E-state index contributed by atoms with van der Waals surface area (Å²) in [5.74, 6) is 0.147. The zero-order valence-corrected chi connectivity index (χ0v) is 14.5. The van der Waals surface area contributed by atoms with Gasteiger partial charge in [-0.05, 0) is 36.4 Å². The molecule has 0 fully saturated rings. The summed E-state index contributed by atoms with van der Waals surface area (Å²) in [5, 5.41) is 10.3. The lowest BCUT2D eigenvalue weighted by atomic mass is 10.3. The first kappa shape index (κ1) is 17.7. The van der Waals surface area contributed by atoms with Crippen molar-refractivity contribution in [3.63, 3.8) is 0 Å². The molecule has 1 aromatic carbocycles. The maximum atomic E-state index is 12.3. The van der Waals surface area contributed by atoms with E-state index in [-0.39, 0.29) is 29.1 Å². The number of rotatable bonds is 6. The minimum atomic E-state index is -3.76. The highest BCUT2D eigenvalue weighted by Crippen LogP contribution is 2.17. The van der Waals surface area contributed by atoms with Crippen LogP contribution in [0.25, 0.3) is 11.5 Å². The van der Waals surface area contributed by atoms with E-state index in [1.54, 1.807) is 24.5 Å². The van der Waals surface area contributed by atoms with Crippen molar-refractivity contribution in [3.8, 4) is 11.5 Å². The Morgan fingerprint density at radius 2 is 1.92 bits per heavy atom. The lowest BCUT2D eigenvalue weighted by molar-refractivity contribution is -0.114. The van der Waals surface area contributed by atoms with Crippen LogP contribution in [0.1, 0.15) is 12.8 Å². The Hall–Kier alpha value is -3.11. The molecule has 26 heavy (non-hydrogen) atoms. The smallest absolute Gasteiger partial charge is 0.249 e. The van der Waals surface area contributed by atoms with Crippen LogP contribution >= 0.6 is 0 Å². The quantitative estimate of drug-likeness (QED) is 0.671. The summed E-state index contributed by atoms with van der Waals surface area (Å²) in [7, 11) is -3.76. The molecule has 0 radical (unpaired) electrons. The molecular weight excluding hydrogens is 358 g/mol. The minimum Gasteiger partial charge on any atom is -0.419 e. The summed E-state index contributed by atoms with van der Waals surface area (Å²) in [5.41, 5.74) is 1.15. The number of hydrogen-bond donors (Lipinski definition) is 2. The van der Waals surface area contributed by atoms with E-state index in [4.69, 9.17) is 4.42 Å². The Morgan fingerprint density at radius 3 is 2.58 bits per heavy atom. The van der Waals surface area contributed by atoms with Crippen molar-refractivity contribution in [1.82, 2.24) is 19.9 Å². The van der Waals surface area contributed by atoms with Crippen LogP contribution in [-0.2, 0) is 21.4 Å².